The quantitative estimate of drug-likeness (QED) is 0.443. The topological polar surface area (TPSA) is 122 Å². The molecule has 1 atom stereocenters. The van der Waals surface area contributed by atoms with Crippen LogP contribution in [-0.4, -0.2) is 40.9 Å². The molecule has 2 amide bonds. The summed E-state index contributed by atoms with van der Waals surface area (Å²) in [4.78, 5) is 33.8. The molecule has 0 aliphatic carbocycles. The van der Waals surface area contributed by atoms with Crippen molar-refractivity contribution in [1.29, 1.82) is 0 Å². The van der Waals surface area contributed by atoms with Gasteiger partial charge < -0.3 is 21.7 Å². The number of nitrogen functional groups attached to an aromatic ring is 1. The summed E-state index contributed by atoms with van der Waals surface area (Å²) in [7, 11) is 0. The van der Waals surface area contributed by atoms with Crippen molar-refractivity contribution in [3.63, 3.8) is 0 Å². The fraction of sp³-hybridized carbons (Fsp3) is 0.250. The average Bonchev–Trinajstić information content (AvgIpc) is 2.85. The number of piperidine rings is 1. The van der Waals surface area contributed by atoms with Gasteiger partial charge in [-0.15, -0.1) is 0 Å². The van der Waals surface area contributed by atoms with Crippen LogP contribution in [0.5, 0.6) is 0 Å². The Hall–Kier alpha value is -3.92. The molecule has 2 heterocycles. The minimum atomic E-state index is -0.977. The second-order valence-corrected chi connectivity index (χ2v) is 8.02. The number of benzene rings is 2. The molecule has 5 N–H and O–H groups in total. The molecule has 4 rings (SSSR count). The molecule has 1 saturated heterocycles. The van der Waals surface area contributed by atoms with E-state index in [4.69, 9.17) is 5.73 Å². The maximum Gasteiger partial charge on any atom is 0.274 e. The number of aromatic nitrogens is 2. The standard InChI is InChI=1S/C24H24F2N6O2/c25-18-7-6-14(9-19(18)26)11-30-23(33)16-4-1-3-15(10-16)20-13-29-22(27)21(32-20)24(34)31-17-5-2-8-28-12-17/h1,3-4,6-7,9-10,13,17,28H,2,5,8,11-12H2,(H2,27,29)(H,30,33)(H,31,34)/t17-/m0/s1. The van der Waals surface area contributed by atoms with Crippen LogP contribution in [-0.2, 0) is 6.54 Å². The summed E-state index contributed by atoms with van der Waals surface area (Å²) >= 11 is 0. The van der Waals surface area contributed by atoms with Crippen molar-refractivity contribution >= 4 is 17.6 Å². The SMILES string of the molecule is Nc1ncc(-c2cccc(C(=O)NCc3ccc(F)c(F)c3)c2)nc1C(=O)N[C@H]1CCCNC1. The minimum absolute atomic E-state index is 0.00675. The average molecular weight is 466 g/mol. The number of rotatable bonds is 6. The third-order valence-corrected chi connectivity index (χ3v) is 5.51. The van der Waals surface area contributed by atoms with Gasteiger partial charge in [0, 0.05) is 30.3 Å². The molecule has 0 unspecified atom stereocenters. The molecular formula is C24H24F2N6O2. The Bertz CT molecular complexity index is 1210. The van der Waals surface area contributed by atoms with Crippen molar-refractivity contribution in [2.75, 3.05) is 18.8 Å². The minimum Gasteiger partial charge on any atom is -0.382 e. The zero-order valence-corrected chi connectivity index (χ0v) is 18.3. The highest BCUT2D eigenvalue weighted by molar-refractivity contribution is 5.97. The number of carbonyl (C=O) groups excluding carboxylic acids is 2. The van der Waals surface area contributed by atoms with E-state index in [2.05, 4.69) is 25.9 Å². The number of amides is 2. The number of carbonyl (C=O) groups is 2. The molecule has 8 nitrogen and oxygen atoms in total. The van der Waals surface area contributed by atoms with Crippen molar-refractivity contribution in [3.8, 4) is 11.3 Å². The Kier molecular flexibility index (Phi) is 7.07. The molecule has 1 fully saturated rings. The third kappa shape index (κ3) is 5.52. The van der Waals surface area contributed by atoms with E-state index < -0.39 is 23.4 Å². The molecule has 0 bridgehead atoms. The van der Waals surface area contributed by atoms with E-state index in [0.29, 0.717) is 28.9 Å². The molecule has 0 spiro atoms. The van der Waals surface area contributed by atoms with Crippen LogP contribution >= 0.6 is 0 Å². The Labute approximate surface area is 195 Å². The normalized spacial score (nSPS) is 15.5. The molecule has 0 radical (unpaired) electrons. The van der Waals surface area contributed by atoms with Crippen LogP contribution in [0.1, 0.15) is 39.3 Å². The first-order valence-corrected chi connectivity index (χ1v) is 10.9. The molecule has 3 aromatic rings. The second-order valence-electron chi connectivity index (χ2n) is 8.02. The van der Waals surface area contributed by atoms with Crippen LogP contribution in [0.2, 0.25) is 0 Å². The summed E-state index contributed by atoms with van der Waals surface area (Å²) in [6, 6.07) is 10.1. The van der Waals surface area contributed by atoms with Crippen molar-refractivity contribution < 1.29 is 18.4 Å². The summed E-state index contributed by atoms with van der Waals surface area (Å²) in [5.74, 6) is -2.71. The van der Waals surface area contributed by atoms with Crippen molar-refractivity contribution in [3.05, 3.63) is 77.1 Å². The van der Waals surface area contributed by atoms with Gasteiger partial charge in [-0.2, -0.15) is 0 Å². The van der Waals surface area contributed by atoms with Gasteiger partial charge in [0.05, 0.1) is 11.9 Å². The highest BCUT2D eigenvalue weighted by atomic mass is 19.2. The highest BCUT2D eigenvalue weighted by Crippen LogP contribution is 2.20. The zero-order chi connectivity index (χ0) is 24.1. The van der Waals surface area contributed by atoms with E-state index in [0.717, 1.165) is 31.5 Å². The first kappa shape index (κ1) is 23.2. The second kappa shape index (κ2) is 10.3. The van der Waals surface area contributed by atoms with Crippen LogP contribution in [0.15, 0.2) is 48.7 Å². The highest BCUT2D eigenvalue weighted by Gasteiger charge is 2.20. The largest absolute Gasteiger partial charge is 0.382 e. The first-order chi connectivity index (χ1) is 16.4. The number of nitrogens with two attached hydrogens (primary N) is 1. The van der Waals surface area contributed by atoms with E-state index in [1.165, 1.54) is 12.3 Å². The summed E-state index contributed by atoms with van der Waals surface area (Å²) in [6.45, 7) is 1.64. The summed E-state index contributed by atoms with van der Waals surface area (Å²) in [5, 5.41) is 8.83. The number of nitrogens with one attached hydrogen (secondary N) is 3. The van der Waals surface area contributed by atoms with E-state index in [-0.39, 0.29) is 24.1 Å². The Balaban J connectivity index is 1.48. The molecule has 1 aliphatic heterocycles. The van der Waals surface area contributed by atoms with Crippen LogP contribution in [0.3, 0.4) is 0 Å². The molecule has 0 saturated carbocycles. The smallest absolute Gasteiger partial charge is 0.274 e. The van der Waals surface area contributed by atoms with E-state index in [9.17, 15) is 18.4 Å². The number of halogens is 2. The lowest BCUT2D eigenvalue weighted by molar-refractivity contribution is 0.0923. The zero-order valence-electron chi connectivity index (χ0n) is 18.3. The number of nitrogens with zero attached hydrogens (tertiary/aromatic N) is 2. The predicted octanol–water partition coefficient (Wildman–Crippen LogP) is 2.42. The fourth-order valence-corrected chi connectivity index (χ4v) is 3.69. The monoisotopic (exact) mass is 466 g/mol. The van der Waals surface area contributed by atoms with Gasteiger partial charge in [0.1, 0.15) is 0 Å². The van der Waals surface area contributed by atoms with Crippen molar-refractivity contribution in [2.24, 2.45) is 0 Å². The van der Waals surface area contributed by atoms with Gasteiger partial charge in [-0.1, -0.05) is 18.2 Å². The van der Waals surface area contributed by atoms with E-state index in [1.54, 1.807) is 24.3 Å². The Morgan fingerprint density at radius 1 is 1.12 bits per heavy atom. The summed E-state index contributed by atoms with van der Waals surface area (Å²) in [5.41, 5.74) is 7.64. The lowest BCUT2D eigenvalue weighted by atomic mass is 10.1. The Morgan fingerprint density at radius 3 is 2.74 bits per heavy atom. The van der Waals surface area contributed by atoms with Crippen LogP contribution in [0.25, 0.3) is 11.3 Å². The summed E-state index contributed by atoms with van der Waals surface area (Å²) in [6.07, 6.45) is 3.27. The lowest BCUT2D eigenvalue weighted by Crippen LogP contribution is -2.46. The van der Waals surface area contributed by atoms with Crippen molar-refractivity contribution in [2.45, 2.75) is 25.4 Å². The summed E-state index contributed by atoms with van der Waals surface area (Å²) < 4.78 is 26.5. The predicted molar refractivity (Wildman–Crippen MR) is 123 cm³/mol. The van der Waals surface area contributed by atoms with Gasteiger partial charge in [-0.3, -0.25) is 9.59 Å². The molecule has 176 valence electrons. The van der Waals surface area contributed by atoms with Crippen LogP contribution in [0, 0.1) is 11.6 Å². The van der Waals surface area contributed by atoms with E-state index >= 15 is 0 Å². The maximum atomic E-state index is 13.4. The van der Waals surface area contributed by atoms with E-state index in [1.807, 2.05) is 0 Å². The van der Waals surface area contributed by atoms with Gasteiger partial charge >= 0.3 is 0 Å². The molecule has 10 heteroatoms. The van der Waals surface area contributed by atoms with Crippen LogP contribution in [0.4, 0.5) is 14.6 Å². The third-order valence-electron chi connectivity index (χ3n) is 5.51. The van der Waals surface area contributed by atoms with Crippen molar-refractivity contribution in [1.82, 2.24) is 25.9 Å². The molecule has 1 aromatic heterocycles. The molecule has 1 aliphatic rings. The molecular weight excluding hydrogens is 442 g/mol. The first-order valence-electron chi connectivity index (χ1n) is 10.9. The van der Waals surface area contributed by atoms with Gasteiger partial charge in [-0.05, 0) is 49.2 Å². The number of hydrogen-bond donors (Lipinski definition) is 4. The van der Waals surface area contributed by atoms with Gasteiger partial charge in [0.15, 0.2) is 23.1 Å². The maximum absolute atomic E-state index is 13.4. The fourth-order valence-electron chi connectivity index (χ4n) is 3.69. The van der Waals surface area contributed by atoms with Gasteiger partial charge in [0.2, 0.25) is 0 Å². The lowest BCUT2D eigenvalue weighted by Gasteiger charge is -2.23. The number of hydrogen-bond acceptors (Lipinski definition) is 6. The Morgan fingerprint density at radius 2 is 1.97 bits per heavy atom. The molecule has 34 heavy (non-hydrogen) atoms. The molecule has 2 aromatic carbocycles. The van der Waals surface area contributed by atoms with Crippen LogP contribution < -0.4 is 21.7 Å². The van der Waals surface area contributed by atoms with Gasteiger partial charge in [-0.25, -0.2) is 18.7 Å². The number of anilines is 1. The van der Waals surface area contributed by atoms with Gasteiger partial charge in [0.25, 0.3) is 11.8 Å².